The fraction of sp³-hybridized carbons (Fsp3) is 0.0909. The van der Waals surface area contributed by atoms with Crippen molar-refractivity contribution in [1.82, 2.24) is 0 Å². The molecular weight excluding hydrogens is 429 g/mol. The number of rotatable bonds is 6. The first kappa shape index (κ1) is 22.1. The highest BCUT2D eigenvalue weighted by atomic mass is 32.2. The fourth-order valence-corrected chi connectivity index (χ4v) is 3.64. The van der Waals surface area contributed by atoms with E-state index in [4.69, 9.17) is 10.00 Å². The summed E-state index contributed by atoms with van der Waals surface area (Å²) in [5.74, 6) is -0.778. The maximum absolute atomic E-state index is 13.3. The Labute approximate surface area is 180 Å². The fourth-order valence-electron chi connectivity index (χ4n) is 2.81. The third kappa shape index (κ3) is 5.10. The molecule has 0 heterocycles. The van der Waals surface area contributed by atoms with Crippen LogP contribution in [0.4, 0.5) is 18.9 Å². The van der Waals surface area contributed by atoms with Crippen molar-refractivity contribution in [3.05, 3.63) is 77.4 Å². The van der Waals surface area contributed by atoms with Gasteiger partial charge in [-0.2, -0.15) is 18.4 Å². The molecule has 2 N–H and O–H groups in total. The Balaban J connectivity index is 2.04. The van der Waals surface area contributed by atoms with Crippen molar-refractivity contribution in [2.75, 3.05) is 11.8 Å². The zero-order valence-electron chi connectivity index (χ0n) is 16.0. The number of alkyl halides is 3. The molecule has 0 saturated heterocycles. The van der Waals surface area contributed by atoms with Gasteiger partial charge in [0.2, 0.25) is 0 Å². The number of hydrogen-bond donors (Lipinski definition) is 2. The highest BCUT2D eigenvalue weighted by molar-refractivity contribution is 8.00. The molecule has 0 aliphatic carbocycles. The second-order valence-corrected chi connectivity index (χ2v) is 7.17. The number of carboxylic acid groups (broad SMARTS) is 1. The molecule has 31 heavy (non-hydrogen) atoms. The molecule has 9 heteroatoms. The normalized spacial score (nSPS) is 10.9. The van der Waals surface area contributed by atoms with Gasteiger partial charge >= 0.3 is 12.1 Å². The smallest absolute Gasteiger partial charge is 0.416 e. The van der Waals surface area contributed by atoms with Gasteiger partial charge in [-0.1, -0.05) is 18.2 Å². The van der Waals surface area contributed by atoms with Crippen LogP contribution in [0.5, 0.6) is 5.75 Å². The van der Waals surface area contributed by atoms with Crippen molar-refractivity contribution in [1.29, 1.82) is 5.26 Å². The maximum Gasteiger partial charge on any atom is 0.416 e. The van der Waals surface area contributed by atoms with Crippen LogP contribution in [0.15, 0.2) is 65.6 Å². The van der Waals surface area contributed by atoms with Crippen molar-refractivity contribution in [3.63, 3.8) is 0 Å². The molecule has 0 aliphatic heterocycles. The number of halogens is 3. The molecule has 0 amide bonds. The number of methoxy groups -OCH3 is 1. The number of aromatic carboxylic acids is 1. The van der Waals surface area contributed by atoms with E-state index >= 15 is 0 Å². The Morgan fingerprint density at radius 1 is 1.13 bits per heavy atom. The van der Waals surface area contributed by atoms with Gasteiger partial charge in [0.1, 0.15) is 5.75 Å². The number of ether oxygens (including phenoxy) is 1. The van der Waals surface area contributed by atoms with Gasteiger partial charge in [0.25, 0.3) is 0 Å². The summed E-state index contributed by atoms with van der Waals surface area (Å²) in [5, 5.41) is 18.3. The zero-order valence-corrected chi connectivity index (χ0v) is 16.8. The molecule has 0 aliphatic rings. The van der Waals surface area contributed by atoms with Gasteiger partial charge in [0, 0.05) is 5.56 Å². The molecule has 158 valence electrons. The number of nitriles is 1. The lowest BCUT2D eigenvalue weighted by Crippen LogP contribution is -2.06. The van der Waals surface area contributed by atoms with Crippen LogP contribution in [0.3, 0.4) is 0 Å². The summed E-state index contributed by atoms with van der Waals surface area (Å²) in [6, 6.07) is 16.0. The second-order valence-electron chi connectivity index (χ2n) is 6.33. The molecule has 3 aromatic rings. The molecule has 0 aromatic heterocycles. The minimum atomic E-state index is -4.55. The summed E-state index contributed by atoms with van der Waals surface area (Å²) in [6.45, 7) is 0. The predicted molar refractivity (Wildman–Crippen MR) is 111 cm³/mol. The standard InChI is InChI=1S/C22H15F3N2O3S/c1-30-19-8-5-15(21(28)29)10-20(19)31-27-18-11-16(22(23,24)25)6-7-17(18)14-4-2-3-13(9-14)12-26/h2-11,27H,1H3,(H,28,29). The lowest BCUT2D eigenvalue weighted by atomic mass is 10.00. The average molecular weight is 444 g/mol. The van der Waals surface area contributed by atoms with Crippen LogP contribution in [0, 0.1) is 11.3 Å². The van der Waals surface area contributed by atoms with E-state index in [2.05, 4.69) is 4.72 Å². The van der Waals surface area contributed by atoms with Crippen molar-refractivity contribution >= 4 is 23.6 Å². The summed E-state index contributed by atoms with van der Waals surface area (Å²) in [6.07, 6.45) is -4.55. The minimum Gasteiger partial charge on any atom is -0.496 e. The van der Waals surface area contributed by atoms with Gasteiger partial charge in [0.05, 0.1) is 40.5 Å². The van der Waals surface area contributed by atoms with E-state index in [0.29, 0.717) is 27.3 Å². The van der Waals surface area contributed by atoms with Crippen LogP contribution < -0.4 is 9.46 Å². The van der Waals surface area contributed by atoms with Crippen LogP contribution in [0.25, 0.3) is 11.1 Å². The van der Waals surface area contributed by atoms with Crippen molar-refractivity contribution in [2.24, 2.45) is 0 Å². The lowest BCUT2D eigenvalue weighted by molar-refractivity contribution is -0.137. The molecule has 0 fully saturated rings. The molecule has 3 aromatic carbocycles. The van der Waals surface area contributed by atoms with Crippen LogP contribution in [0.2, 0.25) is 0 Å². The molecular formula is C22H15F3N2O3S. The topological polar surface area (TPSA) is 82.3 Å². The maximum atomic E-state index is 13.3. The van der Waals surface area contributed by atoms with E-state index in [0.717, 1.165) is 24.1 Å². The number of benzene rings is 3. The monoisotopic (exact) mass is 444 g/mol. The highest BCUT2D eigenvalue weighted by Gasteiger charge is 2.31. The van der Waals surface area contributed by atoms with Gasteiger partial charge in [0.15, 0.2) is 0 Å². The number of hydrogen-bond acceptors (Lipinski definition) is 5. The zero-order chi connectivity index (χ0) is 22.6. The van der Waals surface area contributed by atoms with Gasteiger partial charge in [-0.15, -0.1) is 0 Å². The number of nitrogens with one attached hydrogen (secondary N) is 1. The van der Waals surface area contributed by atoms with Crippen molar-refractivity contribution < 1.29 is 27.8 Å². The summed E-state index contributed by atoms with van der Waals surface area (Å²) in [4.78, 5) is 11.6. The SMILES string of the molecule is COc1ccc(C(=O)O)cc1SNc1cc(C(F)(F)F)ccc1-c1cccc(C#N)c1. The van der Waals surface area contributed by atoms with E-state index < -0.39 is 17.7 Å². The molecule has 0 bridgehead atoms. The predicted octanol–water partition coefficient (Wildman–Crippen LogP) is 6.07. The van der Waals surface area contributed by atoms with Crippen LogP contribution in [-0.4, -0.2) is 18.2 Å². The van der Waals surface area contributed by atoms with Crippen molar-refractivity contribution in [3.8, 4) is 22.9 Å². The Kier molecular flexibility index (Phi) is 6.42. The van der Waals surface area contributed by atoms with E-state index in [-0.39, 0.29) is 11.3 Å². The third-order valence-corrected chi connectivity index (χ3v) is 5.19. The molecule has 0 unspecified atom stereocenters. The van der Waals surface area contributed by atoms with Gasteiger partial charge in [-0.05, 0) is 60.0 Å². The van der Waals surface area contributed by atoms with Gasteiger partial charge in [-0.3, -0.25) is 0 Å². The van der Waals surface area contributed by atoms with Crippen LogP contribution in [-0.2, 0) is 6.18 Å². The highest BCUT2D eigenvalue weighted by Crippen LogP contribution is 2.39. The molecule has 0 spiro atoms. The lowest BCUT2D eigenvalue weighted by Gasteiger charge is -2.16. The molecule has 0 radical (unpaired) electrons. The quantitative estimate of drug-likeness (QED) is 0.449. The Morgan fingerprint density at radius 2 is 1.90 bits per heavy atom. The Hall–Kier alpha value is -3.64. The summed E-state index contributed by atoms with van der Waals surface area (Å²) < 4.78 is 47.9. The number of anilines is 1. The first-order valence-electron chi connectivity index (χ1n) is 8.79. The first-order valence-corrected chi connectivity index (χ1v) is 9.60. The van der Waals surface area contributed by atoms with Crippen molar-refractivity contribution in [2.45, 2.75) is 11.1 Å². The molecule has 3 rings (SSSR count). The first-order chi connectivity index (χ1) is 14.7. The number of nitrogens with zero attached hydrogens (tertiary/aromatic N) is 1. The molecule has 0 atom stereocenters. The minimum absolute atomic E-state index is 0.0103. The van der Waals surface area contributed by atoms with E-state index in [1.807, 2.05) is 6.07 Å². The molecule has 0 saturated carbocycles. The third-order valence-electron chi connectivity index (χ3n) is 4.33. The Bertz CT molecular complexity index is 1170. The van der Waals surface area contributed by atoms with E-state index in [1.54, 1.807) is 24.3 Å². The van der Waals surface area contributed by atoms with Gasteiger partial charge in [-0.25, -0.2) is 4.79 Å². The number of carbonyl (C=O) groups is 1. The molecule has 5 nitrogen and oxygen atoms in total. The summed E-state index contributed by atoms with van der Waals surface area (Å²) in [5.41, 5.74) is 0.690. The van der Waals surface area contributed by atoms with Gasteiger partial charge < -0.3 is 14.6 Å². The largest absolute Gasteiger partial charge is 0.496 e. The Morgan fingerprint density at radius 3 is 2.55 bits per heavy atom. The average Bonchev–Trinajstić information content (AvgIpc) is 2.76. The van der Waals surface area contributed by atoms with E-state index in [9.17, 15) is 23.1 Å². The van der Waals surface area contributed by atoms with E-state index in [1.165, 1.54) is 31.4 Å². The summed E-state index contributed by atoms with van der Waals surface area (Å²) in [7, 11) is 1.41. The summed E-state index contributed by atoms with van der Waals surface area (Å²) >= 11 is 0.924. The number of carboxylic acids is 1. The van der Waals surface area contributed by atoms with Crippen LogP contribution >= 0.6 is 11.9 Å². The van der Waals surface area contributed by atoms with Crippen LogP contribution in [0.1, 0.15) is 21.5 Å². The second kappa shape index (κ2) is 9.02.